The van der Waals surface area contributed by atoms with Crippen LogP contribution < -0.4 is 0 Å². The van der Waals surface area contributed by atoms with Crippen LogP contribution in [0.4, 0.5) is 4.39 Å². The highest BCUT2D eigenvalue weighted by atomic mass is 32.1. The maximum Gasteiger partial charge on any atom is 0.265 e. The summed E-state index contributed by atoms with van der Waals surface area (Å²) in [4.78, 5) is 22.9. The van der Waals surface area contributed by atoms with Gasteiger partial charge in [-0.3, -0.25) is 4.79 Å². The van der Waals surface area contributed by atoms with Crippen molar-refractivity contribution in [2.45, 2.75) is 58.4 Å². The summed E-state index contributed by atoms with van der Waals surface area (Å²) in [7, 11) is 0. The van der Waals surface area contributed by atoms with Gasteiger partial charge in [0, 0.05) is 24.7 Å². The fourth-order valence-electron chi connectivity index (χ4n) is 4.55. The molecule has 0 aliphatic carbocycles. The number of likely N-dealkylation sites (tertiary alicyclic amines) is 2. The second-order valence-electron chi connectivity index (χ2n) is 8.39. The number of aromatic nitrogens is 1. The van der Waals surface area contributed by atoms with E-state index in [9.17, 15) is 9.18 Å². The monoisotopic (exact) mass is 415 g/mol. The molecule has 3 heterocycles. The van der Waals surface area contributed by atoms with Gasteiger partial charge in [-0.2, -0.15) is 0 Å². The third-order valence-electron chi connectivity index (χ3n) is 6.25. The smallest absolute Gasteiger partial charge is 0.265 e. The summed E-state index contributed by atoms with van der Waals surface area (Å²) in [5.41, 5.74) is 2.17. The molecule has 156 valence electrons. The van der Waals surface area contributed by atoms with Crippen molar-refractivity contribution in [3.8, 4) is 10.6 Å². The van der Waals surface area contributed by atoms with Crippen molar-refractivity contribution >= 4 is 17.2 Å². The van der Waals surface area contributed by atoms with Crippen molar-refractivity contribution in [1.29, 1.82) is 0 Å². The number of carbonyl (C=O) groups is 1. The number of nitrogens with zero attached hydrogens (tertiary/aromatic N) is 3. The molecule has 0 saturated carbocycles. The molecule has 1 amide bonds. The second-order valence-corrected chi connectivity index (χ2v) is 9.39. The number of rotatable bonds is 3. The first-order chi connectivity index (χ1) is 14.0. The molecular weight excluding hydrogens is 385 g/mol. The molecule has 0 spiro atoms. The van der Waals surface area contributed by atoms with Gasteiger partial charge < -0.3 is 9.80 Å². The second kappa shape index (κ2) is 8.92. The third kappa shape index (κ3) is 4.53. The molecule has 4 rings (SSSR count). The Bertz CT molecular complexity index is 865. The van der Waals surface area contributed by atoms with Gasteiger partial charge in [0.2, 0.25) is 0 Å². The molecule has 1 aromatic heterocycles. The van der Waals surface area contributed by atoms with E-state index in [0.29, 0.717) is 27.2 Å². The summed E-state index contributed by atoms with van der Waals surface area (Å²) in [5.74, 6) is -0.241. The lowest BCUT2D eigenvalue weighted by molar-refractivity contribution is 0.0626. The van der Waals surface area contributed by atoms with Gasteiger partial charge in [-0.25, -0.2) is 9.37 Å². The first-order valence-electron chi connectivity index (χ1n) is 10.8. The summed E-state index contributed by atoms with van der Waals surface area (Å²) in [6, 6.07) is 5.63. The summed E-state index contributed by atoms with van der Waals surface area (Å²) in [5, 5.41) is 0.589. The standard InChI is InChI=1S/C23H30FN3OS/c1-16-7-8-20(24)19(15-16)22-25-17(2)21(29-22)23(28)27-13-9-18(10-14-27)26-11-5-3-4-6-12-26/h7-8,15,18H,3-6,9-14H2,1-2H3. The zero-order chi connectivity index (χ0) is 20.4. The van der Waals surface area contributed by atoms with E-state index in [0.717, 1.165) is 31.5 Å². The molecule has 2 aliphatic rings. The molecule has 2 aliphatic heterocycles. The van der Waals surface area contributed by atoms with Crippen LogP contribution >= 0.6 is 11.3 Å². The highest BCUT2D eigenvalue weighted by Crippen LogP contribution is 2.32. The van der Waals surface area contributed by atoms with Crippen LogP contribution in [0.5, 0.6) is 0 Å². The number of thiazole rings is 1. The first-order valence-corrected chi connectivity index (χ1v) is 11.6. The Labute approximate surface area is 176 Å². The van der Waals surface area contributed by atoms with Gasteiger partial charge in [-0.1, -0.05) is 24.5 Å². The van der Waals surface area contributed by atoms with E-state index in [-0.39, 0.29) is 11.7 Å². The minimum absolute atomic E-state index is 0.0497. The van der Waals surface area contributed by atoms with Crippen molar-refractivity contribution in [2.75, 3.05) is 26.2 Å². The molecule has 0 radical (unpaired) electrons. The van der Waals surface area contributed by atoms with Crippen molar-refractivity contribution in [1.82, 2.24) is 14.8 Å². The lowest BCUT2D eigenvalue weighted by Crippen LogP contribution is -2.47. The van der Waals surface area contributed by atoms with Crippen molar-refractivity contribution in [3.05, 3.63) is 40.2 Å². The molecule has 2 saturated heterocycles. The SMILES string of the molecule is Cc1ccc(F)c(-c2nc(C)c(C(=O)N3CCC(N4CCCCCC4)CC3)s2)c1. The number of amides is 1. The van der Waals surface area contributed by atoms with Crippen molar-refractivity contribution in [3.63, 3.8) is 0 Å². The molecule has 0 atom stereocenters. The van der Waals surface area contributed by atoms with Crippen LogP contribution in [0.1, 0.15) is 59.5 Å². The van der Waals surface area contributed by atoms with E-state index in [1.54, 1.807) is 12.1 Å². The molecule has 2 aromatic rings. The van der Waals surface area contributed by atoms with E-state index in [4.69, 9.17) is 0 Å². The van der Waals surface area contributed by atoms with E-state index >= 15 is 0 Å². The van der Waals surface area contributed by atoms with Crippen LogP contribution in [0.15, 0.2) is 18.2 Å². The Hall–Kier alpha value is -1.79. The Morgan fingerprint density at radius 2 is 1.76 bits per heavy atom. The van der Waals surface area contributed by atoms with Gasteiger partial charge in [0.15, 0.2) is 0 Å². The highest BCUT2D eigenvalue weighted by Gasteiger charge is 2.29. The van der Waals surface area contributed by atoms with Gasteiger partial charge in [0.1, 0.15) is 15.7 Å². The third-order valence-corrected chi connectivity index (χ3v) is 7.43. The number of halogens is 1. The summed E-state index contributed by atoms with van der Waals surface area (Å²) in [6.45, 7) is 7.79. The van der Waals surface area contributed by atoms with E-state index in [1.165, 1.54) is 56.2 Å². The maximum absolute atomic E-state index is 14.3. The predicted octanol–water partition coefficient (Wildman–Crippen LogP) is 5.05. The van der Waals surface area contributed by atoms with Crippen molar-refractivity contribution < 1.29 is 9.18 Å². The van der Waals surface area contributed by atoms with E-state index in [1.807, 2.05) is 18.7 Å². The molecule has 1 aromatic carbocycles. The molecule has 2 fully saturated rings. The fraction of sp³-hybridized carbons (Fsp3) is 0.565. The quantitative estimate of drug-likeness (QED) is 0.704. The number of hydrogen-bond donors (Lipinski definition) is 0. The molecule has 0 bridgehead atoms. The largest absolute Gasteiger partial charge is 0.338 e. The van der Waals surface area contributed by atoms with Gasteiger partial charge in [0.25, 0.3) is 5.91 Å². The Balaban J connectivity index is 1.44. The van der Waals surface area contributed by atoms with E-state index < -0.39 is 0 Å². The zero-order valence-corrected chi connectivity index (χ0v) is 18.2. The van der Waals surface area contributed by atoms with Crippen LogP contribution in [-0.2, 0) is 0 Å². The van der Waals surface area contributed by atoms with Gasteiger partial charge in [-0.15, -0.1) is 11.3 Å². The first kappa shape index (κ1) is 20.5. The number of benzene rings is 1. The molecule has 0 unspecified atom stereocenters. The molecule has 4 nitrogen and oxygen atoms in total. The van der Waals surface area contributed by atoms with Crippen molar-refractivity contribution in [2.24, 2.45) is 0 Å². The minimum Gasteiger partial charge on any atom is -0.338 e. The van der Waals surface area contributed by atoms with Crippen LogP contribution in [0.3, 0.4) is 0 Å². The number of piperidine rings is 1. The minimum atomic E-state index is -0.290. The lowest BCUT2D eigenvalue weighted by atomic mass is 10.0. The normalized spacial score (nSPS) is 19.3. The lowest BCUT2D eigenvalue weighted by Gasteiger charge is -2.38. The average Bonchev–Trinajstić information content (AvgIpc) is 2.93. The Kier molecular flexibility index (Phi) is 6.30. The predicted molar refractivity (Wildman–Crippen MR) is 116 cm³/mol. The summed E-state index contributed by atoms with van der Waals surface area (Å²) >= 11 is 1.32. The van der Waals surface area contributed by atoms with E-state index in [2.05, 4.69) is 9.88 Å². The summed E-state index contributed by atoms with van der Waals surface area (Å²) < 4.78 is 14.3. The van der Waals surface area contributed by atoms with Gasteiger partial charge >= 0.3 is 0 Å². The zero-order valence-electron chi connectivity index (χ0n) is 17.4. The Morgan fingerprint density at radius 1 is 1.07 bits per heavy atom. The topological polar surface area (TPSA) is 36.4 Å². The number of hydrogen-bond acceptors (Lipinski definition) is 4. The molecule has 29 heavy (non-hydrogen) atoms. The van der Waals surface area contributed by atoms with Crippen LogP contribution in [-0.4, -0.2) is 52.9 Å². The molecule has 6 heteroatoms. The highest BCUT2D eigenvalue weighted by molar-refractivity contribution is 7.17. The Morgan fingerprint density at radius 3 is 2.45 bits per heavy atom. The number of carbonyl (C=O) groups excluding carboxylic acids is 1. The van der Waals surface area contributed by atoms with Crippen LogP contribution in [0.2, 0.25) is 0 Å². The fourth-order valence-corrected chi connectivity index (χ4v) is 5.60. The van der Waals surface area contributed by atoms with Crippen LogP contribution in [0, 0.1) is 19.7 Å². The summed E-state index contributed by atoms with van der Waals surface area (Å²) in [6.07, 6.45) is 7.39. The van der Waals surface area contributed by atoms with Gasteiger partial charge in [-0.05, 0) is 64.8 Å². The number of aryl methyl sites for hydroxylation is 2. The average molecular weight is 416 g/mol. The maximum atomic E-state index is 14.3. The van der Waals surface area contributed by atoms with Gasteiger partial charge in [0.05, 0.1) is 5.69 Å². The molecular formula is C23H30FN3OS. The molecule has 0 N–H and O–H groups in total. The van der Waals surface area contributed by atoms with Crippen LogP contribution in [0.25, 0.3) is 10.6 Å².